The molecule has 0 saturated heterocycles. The van der Waals surface area contributed by atoms with E-state index in [0.29, 0.717) is 6.42 Å². The van der Waals surface area contributed by atoms with Gasteiger partial charge in [-0.25, -0.2) is 0 Å². The van der Waals surface area contributed by atoms with Crippen molar-refractivity contribution in [2.45, 2.75) is 31.1 Å². The molecule has 0 atom stereocenters. The molecule has 0 saturated carbocycles. The third kappa shape index (κ3) is 8.88. The third-order valence-electron chi connectivity index (χ3n) is 24.1. The number of rotatable bonds is 10. The van der Waals surface area contributed by atoms with E-state index in [1.54, 1.807) is 0 Å². The second-order valence-corrected chi connectivity index (χ2v) is 29.8. The van der Waals surface area contributed by atoms with Gasteiger partial charge >= 0.3 is 0 Å². The lowest BCUT2D eigenvalue weighted by atomic mass is 9.70. The van der Waals surface area contributed by atoms with Crippen molar-refractivity contribution in [3.05, 3.63) is 443 Å². The molecule has 18 aromatic carbocycles. The second-order valence-electron chi connectivity index (χ2n) is 29.8. The van der Waals surface area contributed by atoms with Crippen molar-refractivity contribution in [2.75, 3.05) is 9.80 Å². The number of hydrogen-bond acceptors (Lipinski definition) is 2. The lowest BCUT2D eigenvalue weighted by Crippen LogP contribution is -2.26. The van der Waals surface area contributed by atoms with Gasteiger partial charge in [-0.2, -0.15) is 0 Å². The van der Waals surface area contributed by atoms with E-state index in [4.69, 9.17) is 0 Å². The maximum Gasteiger partial charge on any atom is 0.0726 e. The molecule has 0 fully saturated rings. The normalized spacial score (nSPS) is 13.3. The Morgan fingerprint density at radius 1 is 0.224 bits per heavy atom. The minimum atomic E-state index is -0.648. The van der Waals surface area contributed by atoms with Crippen LogP contribution in [0.4, 0.5) is 34.1 Å². The molecule has 2 nitrogen and oxygen atoms in total. The molecule has 0 aromatic heterocycles. The maximum absolute atomic E-state index is 2.60. The van der Waals surface area contributed by atoms with E-state index in [2.05, 4.69) is 400 Å². The molecule has 107 heavy (non-hydrogen) atoms. The minimum Gasteiger partial charge on any atom is -0.310 e. The van der Waals surface area contributed by atoms with Crippen LogP contribution in [0.25, 0.3) is 110 Å². The van der Waals surface area contributed by atoms with E-state index >= 15 is 0 Å². The summed E-state index contributed by atoms with van der Waals surface area (Å²) in [5.41, 5.74) is 36.0. The summed E-state index contributed by atoms with van der Waals surface area (Å²) in [6.07, 6.45) is 0.705. The van der Waals surface area contributed by atoms with Crippen molar-refractivity contribution in [1.82, 2.24) is 0 Å². The Balaban J connectivity index is 0.744. The van der Waals surface area contributed by atoms with Gasteiger partial charge in [0.1, 0.15) is 0 Å². The SMILES string of the molecule is Cc1ccc(N(c2cc(C)ccc2Cc2ccc3cc4c(cc3c2)-c2c(cc(N(c3ccccc3)c3ccc(-c5ccccc5)cc3-c3ccccc3)c3ccccc23)C42c3ccccc3-c3ccccc32)c2cc3c(c4ccccc24)-c2cc4ccccc4cc2C32c3ccccc3-c3ccccc32)cc1. The topological polar surface area (TPSA) is 6.48 Å². The van der Waals surface area contributed by atoms with Gasteiger partial charge in [-0.05, 0) is 254 Å². The van der Waals surface area contributed by atoms with Crippen LogP contribution in [0.5, 0.6) is 0 Å². The molecule has 0 unspecified atom stereocenters. The summed E-state index contributed by atoms with van der Waals surface area (Å²) >= 11 is 0. The molecular formula is C105H70N2. The number of para-hydroxylation sites is 1. The molecule has 2 heteroatoms. The molecule has 0 radical (unpaired) electrons. The third-order valence-corrected chi connectivity index (χ3v) is 24.1. The van der Waals surface area contributed by atoms with E-state index in [-0.39, 0.29) is 0 Å². The van der Waals surface area contributed by atoms with Crippen LogP contribution in [-0.4, -0.2) is 0 Å². The van der Waals surface area contributed by atoms with E-state index < -0.39 is 10.8 Å². The Morgan fingerprint density at radius 2 is 0.654 bits per heavy atom. The standard InChI is InChI=1S/C105H70N2/c1-66-47-53-78(54-48-66)107(101-65-97-102(86-41-17-15-39-84(86)101)88-60-71-30-12-13-31-72(71)62-94(88)104(97)90-42-22-18-34-79(90)80-35-19-23-43-91(80)104)99-56-67(2)46-50-75(99)57-68-49-51-74-63-95-89(61-76(74)58-68)103-85-40-16-14-38-83(85)100(64-96(103)105(95)92-44-24-20-36-81(92)82-37-21-25-45-93(82)105)106(77-32-10-5-11-33-77)98-55-52-73(69-26-6-3-7-27-69)59-87(98)70-28-8-4-9-29-70/h3-56,58-65H,57H2,1-2H3. The van der Waals surface area contributed by atoms with Crippen LogP contribution in [0, 0.1) is 13.8 Å². The molecular weight excluding hydrogens is 1290 g/mol. The Labute approximate surface area is 623 Å². The zero-order valence-electron chi connectivity index (χ0n) is 59.4. The van der Waals surface area contributed by atoms with Crippen molar-refractivity contribution in [3.8, 4) is 66.8 Å². The van der Waals surface area contributed by atoms with Crippen LogP contribution < -0.4 is 9.80 Å². The zero-order valence-corrected chi connectivity index (χ0v) is 59.4. The molecule has 0 aliphatic heterocycles. The largest absolute Gasteiger partial charge is 0.310 e. The minimum absolute atomic E-state index is 0.579. The fraction of sp³-hybridized carbons (Fsp3) is 0.0476. The quantitative estimate of drug-likeness (QED) is 0.135. The molecule has 4 aliphatic carbocycles. The summed E-state index contributed by atoms with van der Waals surface area (Å²) in [5, 5.41) is 9.81. The van der Waals surface area contributed by atoms with Crippen LogP contribution in [0.15, 0.2) is 376 Å². The molecule has 4 aliphatic rings. The van der Waals surface area contributed by atoms with Crippen molar-refractivity contribution in [1.29, 1.82) is 0 Å². The van der Waals surface area contributed by atoms with E-state index in [0.717, 1.165) is 39.6 Å². The molecule has 18 aromatic rings. The van der Waals surface area contributed by atoms with E-state index in [1.807, 2.05) is 0 Å². The smallest absolute Gasteiger partial charge is 0.0726 e. The predicted octanol–water partition coefficient (Wildman–Crippen LogP) is 27.5. The molecule has 0 heterocycles. The summed E-state index contributed by atoms with van der Waals surface area (Å²) in [5.74, 6) is 0. The molecule has 0 N–H and O–H groups in total. The summed E-state index contributed by atoms with van der Waals surface area (Å²) in [6.45, 7) is 4.45. The predicted molar refractivity (Wildman–Crippen MR) is 448 cm³/mol. The van der Waals surface area contributed by atoms with Gasteiger partial charge in [0, 0.05) is 33.4 Å². The molecule has 0 bridgehead atoms. The number of nitrogens with zero attached hydrogens (tertiary/aromatic N) is 2. The number of aryl methyl sites for hydroxylation is 2. The Hall–Kier alpha value is -13.4. The first-order valence-electron chi connectivity index (χ1n) is 37.6. The number of fused-ring (bicyclic) bond motifs is 26. The first-order valence-corrected chi connectivity index (χ1v) is 37.6. The number of benzene rings is 18. The van der Waals surface area contributed by atoms with Crippen LogP contribution in [0.1, 0.15) is 66.8 Å². The van der Waals surface area contributed by atoms with Gasteiger partial charge in [0.25, 0.3) is 0 Å². The second kappa shape index (κ2) is 23.6. The van der Waals surface area contributed by atoms with E-state index in [1.165, 1.54) is 171 Å². The highest BCUT2D eigenvalue weighted by Gasteiger charge is 2.55. The van der Waals surface area contributed by atoms with Crippen molar-refractivity contribution in [3.63, 3.8) is 0 Å². The van der Waals surface area contributed by atoms with Crippen LogP contribution >= 0.6 is 0 Å². The van der Waals surface area contributed by atoms with Crippen LogP contribution in [0.2, 0.25) is 0 Å². The molecule has 2 spiro atoms. The number of hydrogen-bond donors (Lipinski definition) is 0. The van der Waals surface area contributed by atoms with E-state index in [9.17, 15) is 0 Å². The fourth-order valence-electron chi connectivity index (χ4n) is 19.6. The van der Waals surface area contributed by atoms with Gasteiger partial charge in [0.15, 0.2) is 0 Å². The first-order chi connectivity index (χ1) is 52.9. The van der Waals surface area contributed by atoms with Crippen LogP contribution in [-0.2, 0) is 17.3 Å². The lowest BCUT2D eigenvalue weighted by Gasteiger charge is -2.34. The fourth-order valence-corrected chi connectivity index (χ4v) is 19.6. The van der Waals surface area contributed by atoms with Gasteiger partial charge in [0.05, 0.1) is 27.9 Å². The van der Waals surface area contributed by atoms with Gasteiger partial charge < -0.3 is 9.80 Å². The van der Waals surface area contributed by atoms with Gasteiger partial charge in [-0.3, -0.25) is 0 Å². The summed E-state index contributed by atoms with van der Waals surface area (Å²) in [6, 6.07) is 143. The monoisotopic (exact) mass is 1360 g/mol. The summed E-state index contributed by atoms with van der Waals surface area (Å²) in [4.78, 5) is 5.15. The average molecular weight is 1360 g/mol. The molecule has 500 valence electrons. The maximum atomic E-state index is 2.60. The summed E-state index contributed by atoms with van der Waals surface area (Å²) in [7, 11) is 0. The van der Waals surface area contributed by atoms with Crippen molar-refractivity contribution < 1.29 is 0 Å². The van der Waals surface area contributed by atoms with Gasteiger partial charge in [-0.1, -0.05) is 303 Å². The number of anilines is 6. The zero-order chi connectivity index (χ0) is 70.6. The Bertz CT molecular complexity index is 6650. The highest BCUT2D eigenvalue weighted by atomic mass is 15.2. The molecule has 22 rings (SSSR count). The van der Waals surface area contributed by atoms with Crippen molar-refractivity contribution in [2.24, 2.45) is 0 Å². The average Bonchev–Trinajstić information content (AvgIpc) is 1.51. The summed E-state index contributed by atoms with van der Waals surface area (Å²) < 4.78 is 0. The van der Waals surface area contributed by atoms with Gasteiger partial charge in [0.2, 0.25) is 0 Å². The molecule has 0 amide bonds. The highest BCUT2D eigenvalue weighted by Crippen LogP contribution is 2.68. The van der Waals surface area contributed by atoms with Crippen LogP contribution in [0.3, 0.4) is 0 Å². The lowest BCUT2D eigenvalue weighted by molar-refractivity contribution is 0.795. The van der Waals surface area contributed by atoms with Gasteiger partial charge in [-0.15, -0.1) is 0 Å². The van der Waals surface area contributed by atoms with Crippen molar-refractivity contribution >= 4 is 77.2 Å². The Kier molecular flexibility index (Phi) is 13.5. The highest BCUT2D eigenvalue weighted by molar-refractivity contribution is 6.16. The first kappa shape index (κ1) is 61.1. The Morgan fingerprint density at radius 3 is 1.21 bits per heavy atom.